The number of sulfonamides is 1. The van der Waals surface area contributed by atoms with Gasteiger partial charge in [0.2, 0.25) is 21.8 Å². The van der Waals surface area contributed by atoms with Crippen molar-refractivity contribution in [2.75, 3.05) is 6.54 Å². The van der Waals surface area contributed by atoms with Crippen LogP contribution in [0.15, 0.2) is 52.0 Å². The first-order chi connectivity index (χ1) is 15.7. The van der Waals surface area contributed by atoms with Gasteiger partial charge in [-0.2, -0.15) is 0 Å². The summed E-state index contributed by atoms with van der Waals surface area (Å²) in [4.78, 5) is 28.0. The Kier molecular flexibility index (Phi) is 8.31. The normalized spacial score (nSPS) is 15.5. The molecule has 0 saturated heterocycles. The van der Waals surface area contributed by atoms with E-state index in [9.17, 15) is 18.0 Å². The molecule has 1 saturated carbocycles. The van der Waals surface area contributed by atoms with E-state index in [1.165, 1.54) is 23.3 Å². The lowest BCUT2D eigenvalue weighted by Crippen LogP contribution is -2.55. The van der Waals surface area contributed by atoms with Gasteiger partial charge in [-0.05, 0) is 49.9 Å². The fourth-order valence-electron chi connectivity index (χ4n) is 4.13. The molecule has 1 fully saturated rings. The first kappa shape index (κ1) is 25.0. The molecule has 0 spiro atoms. The zero-order valence-corrected chi connectivity index (χ0v) is 20.2. The molecular weight excluding hydrogens is 442 g/mol. The summed E-state index contributed by atoms with van der Waals surface area (Å²) in [5, 5.41) is 3.08. The van der Waals surface area contributed by atoms with Crippen molar-refractivity contribution in [2.24, 2.45) is 5.92 Å². The number of furan rings is 1. The Morgan fingerprint density at radius 1 is 1.12 bits per heavy atom. The quantitative estimate of drug-likeness (QED) is 0.549. The van der Waals surface area contributed by atoms with E-state index < -0.39 is 28.5 Å². The van der Waals surface area contributed by atoms with E-state index in [4.69, 9.17) is 4.42 Å². The van der Waals surface area contributed by atoms with Crippen molar-refractivity contribution in [3.63, 3.8) is 0 Å². The second-order valence-corrected chi connectivity index (χ2v) is 10.7. The number of amides is 2. The molecule has 1 atom stereocenters. The second kappa shape index (κ2) is 11.0. The van der Waals surface area contributed by atoms with Crippen molar-refractivity contribution in [3.8, 4) is 0 Å². The van der Waals surface area contributed by atoms with E-state index in [-0.39, 0.29) is 29.3 Å². The van der Waals surface area contributed by atoms with E-state index in [2.05, 4.69) is 10.0 Å². The molecule has 1 aliphatic rings. The van der Waals surface area contributed by atoms with Crippen LogP contribution in [-0.2, 0) is 26.2 Å². The summed E-state index contributed by atoms with van der Waals surface area (Å²) in [7, 11) is -3.87. The van der Waals surface area contributed by atoms with Gasteiger partial charge in [-0.15, -0.1) is 0 Å². The number of hydrogen-bond acceptors (Lipinski definition) is 5. The van der Waals surface area contributed by atoms with Crippen LogP contribution in [-0.4, -0.2) is 43.8 Å². The van der Waals surface area contributed by atoms with Gasteiger partial charge in [-0.25, -0.2) is 13.1 Å². The number of carbonyl (C=O) groups excluding carboxylic acids is 2. The molecule has 2 N–H and O–H groups in total. The van der Waals surface area contributed by atoms with Crippen LogP contribution in [0.2, 0.25) is 0 Å². The Hall–Kier alpha value is -2.65. The van der Waals surface area contributed by atoms with Crippen LogP contribution in [0.1, 0.15) is 50.9 Å². The SMILES string of the molecule is Cc1ccc(S(=O)(=O)NCC(=O)N(Cc2ccco2)[C@@H](C(=O)NC2CCCC2)C(C)C)cc1. The third kappa shape index (κ3) is 6.68. The molecule has 0 aliphatic heterocycles. The van der Waals surface area contributed by atoms with Gasteiger partial charge in [-0.1, -0.05) is 44.4 Å². The molecule has 0 unspecified atom stereocenters. The number of nitrogens with one attached hydrogen (secondary N) is 2. The van der Waals surface area contributed by atoms with E-state index in [1.54, 1.807) is 24.3 Å². The average molecular weight is 476 g/mol. The van der Waals surface area contributed by atoms with Crippen molar-refractivity contribution in [2.45, 2.75) is 70.0 Å². The predicted octanol–water partition coefficient (Wildman–Crippen LogP) is 2.98. The summed E-state index contributed by atoms with van der Waals surface area (Å²) in [6.07, 6.45) is 5.51. The van der Waals surface area contributed by atoms with Crippen molar-refractivity contribution >= 4 is 21.8 Å². The second-order valence-electron chi connectivity index (χ2n) is 8.92. The number of aryl methyl sites for hydroxylation is 1. The molecule has 1 aromatic heterocycles. The van der Waals surface area contributed by atoms with Crippen LogP contribution in [0.25, 0.3) is 0 Å². The molecular formula is C24H33N3O5S. The van der Waals surface area contributed by atoms with Crippen molar-refractivity contribution in [1.82, 2.24) is 14.9 Å². The molecule has 1 aromatic carbocycles. The molecule has 1 aliphatic carbocycles. The summed E-state index contributed by atoms with van der Waals surface area (Å²) in [6, 6.07) is 9.17. The van der Waals surface area contributed by atoms with Crippen LogP contribution in [0.5, 0.6) is 0 Å². The lowest BCUT2D eigenvalue weighted by Gasteiger charge is -2.34. The van der Waals surface area contributed by atoms with Crippen LogP contribution in [0, 0.1) is 12.8 Å². The first-order valence-electron chi connectivity index (χ1n) is 11.4. The number of carbonyl (C=O) groups is 2. The minimum Gasteiger partial charge on any atom is -0.467 e. The minimum atomic E-state index is -3.87. The molecule has 0 bridgehead atoms. The molecule has 2 aromatic rings. The molecule has 8 nitrogen and oxygen atoms in total. The first-order valence-corrected chi connectivity index (χ1v) is 12.8. The average Bonchev–Trinajstić information content (AvgIpc) is 3.46. The van der Waals surface area contributed by atoms with E-state index in [0.29, 0.717) is 5.76 Å². The van der Waals surface area contributed by atoms with Gasteiger partial charge in [0.1, 0.15) is 11.8 Å². The zero-order chi connectivity index (χ0) is 24.0. The van der Waals surface area contributed by atoms with Crippen molar-refractivity contribution in [3.05, 3.63) is 54.0 Å². The van der Waals surface area contributed by atoms with Gasteiger partial charge < -0.3 is 14.6 Å². The van der Waals surface area contributed by atoms with E-state index >= 15 is 0 Å². The van der Waals surface area contributed by atoms with Crippen LogP contribution < -0.4 is 10.0 Å². The molecule has 0 radical (unpaired) electrons. The van der Waals surface area contributed by atoms with Gasteiger partial charge >= 0.3 is 0 Å². The highest BCUT2D eigenvalue weighted by Crippen LogP contribution is 2.21. The van der Waals surface area contributed by atoms with Crippen LogP contribution >= 0.6 is 0 Å². The van der Waals surface area contributed by atoms with Crippen LogP contribution in [0.4, 0.5) is 0 Å². The number of nitrogens with zero attached hydrogens (tertiary/aromatic N) is 1. The topological polar surface area (TPSA) is 109 Å². The van der Waals surface area contributed by atoms with Gasteiger partial charge in [-0.3, -0.25) is 9.59 Å². The Morgan fingerprint density at radius 3 is 2.36 bits per heavy atom. The smallest absolute Gasteiger partial charge is 0.243 e. The summed E-state index contributed by atoms with van der Waals surface area (Å²) in [5.74, 6) is -0.386. The predicted molar refractivity (Wildman–Crippen MR) is 125 cm³/mol. The molecule has 33 heavy (non-hydrogen) atoms. The third-order valence-electron chi connectivity index (χ3n) is 5.91. The minimum absolute atomic E-state index is 0.0685. The number of rotatable bonds is 10. The third-order valence-corrected chi connectivity index (χ3v) is 7.33. The maximum atomic E-state index is 13.3. The fraction of sp³-hybridized carbons (Fsp3) is 0.500. The molecule has 180 valence electrons. The summed E-state index contributed by atoms with van der Waals surface area (Å²) in [6.45, 7) is 5.22. The van der Waals surface area contributed by atoms with Crippen molar-refractivity contribution < 1.29 is 22.4 Å². The Balaban J connectivity index is 1.78. The lowest BCUT2D eigenvalue weighted by atomic mass is 10.00. The molecule has 9 heteroatoms. The molecule has 1 heterocycles. The maximum absolute atomic E-state index is 13.3. The fourth-order valence-corrected chi connectivity index (χ4v) is 5.11. The standard InChI is InChI=1S/C24H33N3O5S/c1-17(2)23(24(29)26-19-7-4-5-8-19)27(16-20-9-6-14-32-20)22(28)15-25-33(30,31)21-12-10-18(3)11-13-21/h6,9-14,17,19,23,25H,4-5,7-8,15-16H2,1-3H3,(H,26,29)/t23-/m1/s1. The number of hydrogen-bond donors (Lipinski definition) is 2. The van der Waals surface area contributed by atoms with Gasteiger partial charge in [0.05, 0.1) is 24.2 Å². The monoisotopic (exact) mass is 475 g/mol. The molecule has 2 amide bonds. The highest BCUT2D eigenvalue weighted by molar-refractivity contribution is 7.89. The van der Waals surface area contributed by atoms with E-state index in [0.717, 1.165) is 31.2 Å². The molecule has 3 rings (SSSR count). The van der Waals surface area contributed by atoms with Crippen LogP contribution in [0.3, 0.4) is 0 Å². The summed E-state index contributed by atoms with van der Waals surface area (Å²) < 4.78 is 33.1. The van der Waals surface area contributed by atoms with Gasteiger partial charge in [0.15, 0.2) is 0 Å². The highest BCUT2D eigenvalue weighted by atomic mass is 32.2. The highest BCUT2D eigenvalue weighted by Gasteiger charge is 2.35. The van der Waals surface area contributed by atoms with Crippen molar-refractivity contribution in [1.29, 1.82) is 0 Å². The van der Waals surface area contributed by atoms with Gasteiger partial charge in [0, 0.05) is 6.04 Å². The Labute approximate surface area is 195 Å². The maximum Gasteiger partial charge on any atom is 0.243 e. The largest absolute Gasteiger partial charge is 0.467 e. The summed E-state index contributed by atoms with van der Waals surface area (Å²) >= 11 is 0. The summed E-state index contributed by atoms with van der Waals surface area (Å²) in [5.41, 5.74) is 0.933. The van der Waals surface area contributed by atoms with E-state index in [1.807, 2.05) is 20.8 Å². The Morgan fingerprint density at radius 2 is 1.79 bits per heavy atom. The van der Waals surface area contributed by atoms with Gasteiger partial charge in [0.25, 0.3) is 0 Å². The lowest BCUT2D eigenvalue weighted by molar-refractivity contribution is -0.142. The zero-order valence-electron chi connectivity index (χ0n) is 19.4. The Bertz CT molecular complexity index is 1030. The number of benzene rings is 1.